The Morgan fingerprint density at radius 3 is 2.26 bits per heavy atom. The van der Waals surface area contributed by atoms with Crippen molar-refractivity contribution in [1.29, 1.82) is 0 Å². The molecule has 0 radical (unpaired) electrons. The standard InChI is InChI=1S/C29H31N3O3/c1-3-4-5-6-15-31-29(35)24-14-13-21-10-12-23(28(34)26(21)32-24)18-19(2)17-22-11-9-20-8-7-16-30-25(20)27(22)33/h7-14,16,33-34H,2-6,15,17-18H2,1H3,(H,31,35). The molecule has 4 rings (SSSR count). The van der Waals surface area contributed by atoms with Gasteiger partial charge in [0.1, 0.15) is 28.2 Å². The van der Waals surface area contributed by atoms with Gasteiger partial charge in [0, 0.05) is 34.6 Å². The lowest BCUT2D eigenvalue weighted by atomic mass is 9.96. The highest BCUT2D eigenvalue weighted by atomic mass is 16.3. The van der Waals surface area contributed by atoms with E-state index >= 15 is 0 Å². The zero-order valence-corrected chi connectivity index (χ0v) is 20.1. The van der Waals surface area contributed by atoms with E-state index in [9.17, 15) is 15.0 Å². The van der Waals surface area contributed by atoms with E-state index in [0.29, 0.717) is 36.0 Å². The molecule has 2 aromatic carbocycles. The van der Waals surface area contributed by atoms with Gasteiger partial charge in [-0.1, -0.05) is 74.7 Å². The zero-order valence-electron chi connectivity index (χ0n) is 20.1. The van der Waals surface area contributed by atoms with Crippen LogP contribution in [-0.2, 0) is 12.8 Å². The number of nitrogens with one attached hydrogen (secondary N) is 1. The summed E-state index contributed by atoms with van der Waals surface area (Å²) < 4.78 is 0. The lowest BCUT2D eigenvalue weighted by Crippen LogP contribution is -2.25. The van der Waals surface area contributed by atoms with Crippen LogP contribution in [0.15, 0.2) is 66.9 Å². The normalized spacial score (nSPS) is 11.1. The third kappa shape index (κ3) is 5.60. The van der Waals surface area contributed by atoms with Crippen molar-refractivity contribution in [1.82, 2.24) is 15.3 Å². The molecule has 4 aromatic rings. The summed E-state index contributed by atoms with van der Waals surface area (Å²) in [6.07, 6.45) is 6.84. The first-order chi connectivity index (χ1) is 17.0. The van der Waals surface area contributed by atoms with Gasteiger partial charge in [0.05, 0.1) is 0 Å². The van der Waals surface area contributed by atoms with E-state index in [1.165, 1.54) is 0 Å². The molecule has 0 fully saturated rings. The predicted octanol–water partition coefficient (Wildman–Crippen LogP) is 5.85. The zero-order chi connectivity index (χ0) is 24.8. The number of phenols is 2. The molecule has 2 aromatic heterocycles. The third-order valence-corrected chi connectivity index (χ3v) is 6.18. The minimum Gasteiger partial charge on any atom is -0.505 e. The molecule has 0 aliphatic heterocycles. The number of unbranched alkanes of at least 4 members (excludes halogenated alkanes) is 3. The van der Waals surface area contributed by atoms with Crippen LogP contribution in [0.25, 0.3) is 21.8 Å². The highest BCUT2D eigenvalue weighted by molar-refractivity contribution is 5.96. The number of benzene rings is 2. The lowest BCUT2D eigenvalue weighted by Gasteiger charge is -2.12. The largest absolute Gasteiger partial charge is 0.505 e. The average Bonchev–Trinajstić information content (AvgIpc) is 2.87. The van der Waals surface area contributed by atoms with Crippen molar-refractivity contribution in [2.45, 2.75) is 45.4 Å². The van der Waals surface area contributed by atoms with Crippen molar-refractivity contribution in [3.63, 3.8) is 0 Å². The predicted molar refractivity (Wildman–Crippen MR) is 140 cm³/mol. The molecule has 6 nitrogen and oxygen atoms in total. The van der Waals surface area contributed by atoms with Crippen molar-refractivity contribution in [2.24, 2.45) is 0 Å². The van der Waals surface area contributed by atoms with E-state index in [-0.39, 0.29) is 23.1 Å². The summed E-state index contributed by atoms with van der Waals surface area (Å²) in [5, 5.41) is 26.1. The Morgan fingerprint density at radius 1 is 0.886 bits per heavy atom. The minimum atomic E-state index is -0.238. The van der Waals surface area contributed by atoms with E-state index in [2.05, 4.69) is 28.8 Å². The summed E-state index contributed by atoms with van der Waals surface area (Å²) in [5.74, 6) is -0.0392. The number of aromatic nitrogens is 2. The number of hydrogen-bond donors (Lipinski definition) is 3. The SMILES string of the molecule is C=C(Cc1ccc2cccnc2c1O)Cc1ccc2ccc(C(=O)NCCCCCC)nc2c1O. The van der Waals surface area contributed by atoms with Crippen LogP contribution in [0.5, 0.6) is 11.5 Å². The molecule has 35 heavy (non-hydrogen) atoms. The van der Waals surface area contributed by atoms with Crippen molar-refractivity contribution in [3.8, 4) is 11.5 Å². The molecule has 3 N–H and O–H groups in total. The molecule has 0 saturated carbocycles. The number of carbonyl (C=O) groups is 1. The average molecular weight is 470 g/mol. The lowest BCUT2D eigenvalue weighted by molar-refractivity contribution is 0.0948. The smallest absolute Gasteiger partial charge is 0.269 e. The number of phenolic OH excluding ortho intramolecular Hbond substituents is 2. The number of carbonyl (C=O) groups excluding carboxylic acids is 1. The highest BCUT2D eigenvalue weighted by Crippen LogP contribution is 2.32. The monoisotopic (exact) mass is 469 g/mol. The summed E-state index contributed by atoms with van der Waals surface area (Å²) in [6, 6.07) is 14.7. The molecule has 0 atom stereocenters. The van der Waals surface area contributed by atoms with Gasteiger partial charge in [0.15, 0.2) is 0 Å². The molecule has 180 valence electrons. The number of amides is 1. The maximum absolute atomic E-state index is 12.5. The van der Waals surface area contributed by atoms with Gasteiger partial charge in [0.2, 0.25) is 0 Å². The number of aromatic hydroxyl groups is 2. The Bertz CT molecular complexity index is 1380. The molecule has 6 heteroatoms. The summed E-state index contributed by atoms with van der Waals surface area (Å²) in [7, 11) is 0. The number of hydrogen-bond acceptors (Lipinski definition) is 5. The summed E-state index contributed by atoms with van der Waals surface area (Å²) in [4.78, 5) is 21.2. The van der Waals surface area contributed by atoms with E-state index < -0.39 is 0 Å². The Hall–Kier alpha value is -3.93. The van der Waals surface area contributed by atoms with Crippen LogP contribution in [0, 0.1) is 0 Å². The molecular formula is C29H31N3O3. The van der Waals surface area contributed by atoms with Crippen LogP contribution < -0.4 is 5.32 Å². The summed E-state index contributed by atoms with van der Waals surface area (Å²) >= 11 is 0. The number of rotatable bonds is 10. The Balaban J connectivity index is 1.48. The fraction of sp³-hybridized carbons (Fsp3) is 0.276. The fourth-order valence-electron chi connectivity index (χ4n) is 4.24. The van der Waals surface area contributed by atoms with Gasteiger partial charge in [-0.15, -0.1) is 0 Å². The van der Waals surface area contributed by atoms with Crippen molar-refractivity contribution in [3.05, 3.63) is 83.7 Å². The van der Waals surface area contributed by atoms with Gasteiger partial charge < -0.3 is 15.5 Å². The van der Waals surface area contributed by atoms with E-state index in [1.54, 1.807) is 18.3 Å². The summed E-state index contributed by atoms with van der Waals surface area (Å²) in [5.41, 5.74) is 3.47. The summed E-state index contributed by atoms with van der Waals surface area (Å²) in [6.45, 7) is 6.93. The maximum atomic E-state index is 12.5. The first-order valence-electron chi connectivity index (χ1n) is 12.1. The maximum Gasteiger partial charge on any atom is 0.269 e. The first-order valence-corrected chi connectivity index (χ1v) is 12.1. The van der Waals surface area contributed by atoms with Gasteiger partial charge in [-0.2, -0.15) is 0 Å². The molecule has 0 unspecified atom stereocenters. The Kier molecular flexibility index (Phi) is 7.60. The molecular weight excluding hydrogens is 438 g/mol. The number of fused-ring (bicyclic) bond motifs is 2. The fourth-order valence-corrected chi connectivity index (χ4v) is 4.24. The van der Waals surface area contributed by atoms with Gasteiger partial charge in [0.25, 0.3) is 5.91 Å². The van der Waals surface area contributed by atoms with Crippen LogP contribution in [0.3, 0.4) is 0 Å². The Labute approximate surface area is 205 Å². The quantitative estimate of drug-likeness (QED) is 0.200. The van der Waals surface area contributed by atoms with Crippen LogP contribution in [0.4, 0.5) is 0 Å². The highest BCUT2D eigenvalue weighted by Gasteiger charge is 2.14. The van der Waals surface area contributed by atoms with Crippen LogP contribution in [0.2, 0.25) is 0 Å². The van der Waals surface area contributed by atoms with Gasteiger partial charge in [-0.25, -0.2) is 4.98 Å². The van der Waals surface area contributed by atoms with Gasteiger partial charge in [-0.3, -0.25) is 9.78 Å². The minimum absolute atomic E-state index is 0.0469. The molecule has 2 heterocycles. The third-order valence-electron chi connectivity index (χ3n) is 6.18. The number of pyridine rings is 2. The second-order valence-electron chi connectivity index (χ2n) is 8.91. The molecule has 0 spiro atoms. The van der Waals surface area contributed by atoms with Gasteiger partial charge >= 0.3 is 0 Å². The first kappa shape index (κ1) is 24.2. The van der Waals surface area contributed by atoms with Crippen molar-refractivity contribution < 1.29 is 15.0 Å². The van der Waals surface area contributed by atoms with Crippen LogP contribution >= 0.6 is 0 Å². The van der Waals surface area contributed by atoms with Gasteiger partial charge in [-0.05, 0) is 31.4 Å². The van der Waals surface area contributed by atoms with Crippen LogP contribution in [0.1, 0.15) is 54.2 Å². The number of allylic oxidation sites excluding steroid dienone is 1. The van der Waals surface area contributed by atoms with E-state index in [0.717, 1.165) is 47.6 Å². The van der Waals surface area contributed by atoms with Crippen molar-refractivity contribution in [2.75, 3.05) is 6.54 Å². The molecule has 1 amide bonds. The molecule has 0 bridgehead atoms. The molecule has 0 aliphatic rings. The Morgan fingerprint density at radius 2 is 1.54 bits per heavy atom. The van der Waals surface area contributed by atoms with E-state index in [1.807, 2.05) is 36.4 Å². The molecule has 0 saturated heterocycles. The van der Waals surface area contributed by atoms with Crippen LogP contribution in [-0.4, -0.2) is 32.6 Å². The number of nitrogens with zero attached hydrogens (tertiary/aromatic N) is 2. The second-order valence-corrected chi connectivity index (χ2v) is 8.91. The second kappa shape index (κ2) is 11.0. The topological polar surface area (TPSA) is 95.3 Å². The van der Waals surface area contributed by atoms with E-state index in [4.69, 9.17) is 0 Å². The molecule has 0 aliphatic carbocycles. The van der Waals surface area contributed by atoms with Crippen molar-refractivity contribution >= 4 is 27.7 Å².